The van der Waals surface area contributed by atoms with Crippen LogP contribution in [0.1, 0.15) is 11.4 Å². The number of hydrogen-bond acceptors (Lipinski definition) is 4. The van der Waals surface area contributed by atoms with Crippen LogP contribution in [0.25, 0.3) is 0 Å². The lowest BCUT2D eigenvalue weighted by molar-refractivity contribution is 0.230. The third-order valence-electron chi connectivity index (χ3n) is 2.40. The van der Waals surface area contributed by atoms with Gasteiger partial charge in [0.2, 0.25) is 0 Å². The van der Waals surface area contributed by atoms with Gasteiger partial charge in [-0.3, -0.25) is 4.90 Å². The summed E-state index contributed by atoms with van der Waals surface area (Å²) < 4.78 is 0. The highest BCUT2D eigenvalue weighted by atomic mass is 15.3. The summed E-state index contributed by atoms with van der Waals surface area (Å²) in [4.78, 5) is 2.39. The van der Waals surface area contributed by atoms with Gasteiger partial charge in [-0.15, -0.1) is 0 Å². The van der Waals surface area contributed by atoms with Crippen LogP contribution in [-0.2, 0) is 6.54 Å². The molecule has 0 atom stereocenters. The Labute approximate surface area is 77.5 Å². The van der Waals surface area contributed by atoms with Crippen LogP contribution in [0, 0.1) is 6.92 Å². The first-order valence-corrected chi connectivity index (χ1v) is 4.65. The molecule has 0 aliphatic carbocycles. The van der Waals surface area contributed by atoms with Crippen LogP contribution in [0.5, 0.6) is 0 Å². The van der Waals surface area contributed by atoms with E-state index in [1.165, 1.54) is 0 Å². The van der Waals surface area contributed by atoms with E-state index in [4.69, 9.17) is 0 Å². The lowest BCUT2D eigenvalue weighted by Crippen LogP contribution is -2.43. The zero-order valence-corrected chi connectivity index (χ0v) is 7.88. The monoisotopic (exact) mass is 181 g/mol. The number of aromatic nitrogens is 3. The maximum Gasteiger partial charge on any atom is 0.0993 e. The third-order valence-corrected chi connectivity index (χ3v) is 2.40. The summed E-state index contributed by atoms with van der Waals surface area (Å²) in [6.07, 6.45) is 0. The van der Waals surface area contributed by atoms with E-state index < -0.39 is 0 Å². The first kappa shape index (κ1) is 8.65. The van der Waals surface area contributed by atoms with E-state index in [0.29, 0.717) is 0 Å². The van der Waals surface area contributed by atoms with Gasteiger partial charge in [0, 0.05) is 32.7 Å². The molecule has 13 heavy (non-hydrogen) atoms. The molecular formula is C8H15N5. The van der Waals surface area contributed by atoms with Gasteiger partial charge in [0.1, 0.15) is 0 Å². The molecule has 5 nitrogen and oxygen atoms in total. The summed E-state index contributed by atoms with van der Waals surface area (Å²) in [5.74, 6) is 0. The van der Waals surface area contributed by atoms with Crippen molar-refractivity contribution in [3.63, 3.8) is 0 Å². The molecule has 0 saturated carbocycles. The van der Waals surface area contributed by atoms with Crippen molar-refractivity contribution in [1.82, 2.24) is 25.6 Å². The molecule has 0 spiro atoms. The van der Waals surface area contributed by atoms with Gasteiger partial charge in [0.15, 0.2) is 0 Å². The van der Waals surface area contributed by atoms with E-state index in [9.17, 15) is 0 Å². The Kier molecular flexibility index (Phi) is 2.56. The van der Waals surface area contributed by atoms with Crippen molar-refractivity contribution < 1.29 is 0 Å². The van der Waals surface area contributed by atoms with Crippen molar-refractivity contribution in [2.45, 2.75) is 13.5 Å². The lowest BCUT2D eigenvalue weighted by atomic mass is 10.3. The molecule has 0 radical (unpaired) electrons. The Morgan fingerprint density at radius 2 is 2.08 bits per heavy atom. The van der Waals surface area contributed by atoms with Crippen molar-refractivity contribution in [2.24, 2.45) is 0 Å². The zero-order chi connectivity index (χ0) is 9.10. The van der Waals surface area contributed by atoms with Gasteiger partial charge in [-0.05, 0) is 6.92 Å². The highest BCUT2D eigenvalue weighted by Crippen LogP contribution is 2.04. The molecule has 1 aromatic rings. The fourth-order valence-corrected chi connectivity index (χ4v) is 1.54. The molecule has 1 aliphatic heterocycles. The highest BCUT2D eigenvalue weighted by molar-refractivity contribution is 5.05. The topological polar surface area (TPSA) is 56.8 Å². The predicted octanol–water partition coefficient (Wildman–Crippen LogP) is -0.482. The van der Waals surface area contributed by atoms with Crippen LogP contribution in [0.15, 0.2) is 0 Å². The number of rotatable bonds is 2. The minimum atomic E-state index is 0.921. The fraction of sp³-hybridized carbons (Fsp3) is 0.750. The van der Waals surface area contributed by atoms with Crippen LogP contribution in [-0.4, -0.2) is 46.5 Å². The Balaban J connectivity index is 1.93. The van der Waals surface area contributed by atoms with Crippen molar-refractivity contribution >= 4 is 0 Å². The fourth-order valence-electron chi connectivity index (χ4n) is 1.54. The second kappa shape index (κ2) is 3.85. The maximum absolute atomic E-state index is 4.11. The first-order valence-electron chi connectivity index (χ1n) is 4.65. The Hall–Kier alpha value is -0.940. The molecule has 0 aromatic carbocycles. The molecule has 2 N–H and O–H groups in total. The molecule has 1 aliphatic rings. The molecule has 0 unspecified atom stereocenters. The molecule has 5 heteroatoms. The number of nitrogens with one attached hydrogen (secondary N) is 2. The van der Waals surface area contributed by atoms with E-state index in [1.807, 2.05) is 6.92 Å². The van der Waals surface area contributed by atoms with Gasteiger partial charge in [-0.1, -0.05) is 0 Å². The number of aryl methyl sites for hydroxylation is 1. The number of piperazine rings is 1. The summed E-state index contributed by atoms with van der Waals surface area (Å²) in [5.41, 5.74) is 2.08. The van der Waals surface area contributed by atoms with Crippen LogP contribution in [0.3, 0.4) is 0 Å². The largest absolute Gasteiger partial charge is 0.314 e. The van der Waals surface area contributed by atoms with Crippen LogP contribution >= 0.6 is 0 Å². The van der Waals surface area contributed by atoms with E-state index >= 15 is 0 Å². The average molecular weight is 181 g/mol. The zero-order valence-electron chi connectivity index (χ0n) is 7.88. The molecule has 0 amide bonds. The molecule has 1 aromatic heterocycles. The standard InChI is InChI=1S/C8H15N5/c1-7-8(11-12-10-7)6-13-4-2-9-3-5-13/h9H,2-6H2,1H3,(H,10,11,12). The molecule has 1 saturated heterocycles. The quantitative estimate of drug-likeness (QED) is 0.647. The minimum absolute atomic E-state index is 0.921. The lowest BCUT2D eigenvalue weighted by Gasteiger charge is -2.26. The second-order valence-electron chi connectivity index (χ2n) is 3.38. The van der Waals surface area contributed by atoms with Crippen LogP contribution in [0.4, 0.5) is 0 Å². The molecule has 2 heterocycles. The van der Waals surface area contributed by atoms with Crippen molar-refractivity contribution in [1.29, 1.82) is 0 Å². The SMILES string of the molecule is Cc1n[nH]nc1CN1CCNCC1. The first-order chi connectivity index (χ1) is 6.36. The summed E-state index contributed by atoms with van der Waals surface area (Å²) in [5, 5.41) is 14.1. The smallest absolute Gasteiger partial charge is 0.0993 e. The predicted molar refractivity (Wildman–Crippen MR) is 49.3 cm³/mol. The molecule has 72 valence electrons. The van der Waals surface area contributed by atoms with E-state index in [-0.39, 0.29) is 0 Å². The summed E-state index contributed by atoms with van der Waals surface area (Å²) in [6.45, 7) is 7.28. The molecular weight excluding hydrogens is 166 g/mol. The Morgan fingerprint density at radius 3 is 2.69 bits per heavy atom. The van der Waals surface area contributed by atoms with Gasteiger partial charge >= 0.3 is 0 Å². The molecule has 0 bridgehead atoms. The summed E-state index contributed by atoms with van der Waals surface area (Å²) >= 11 is 0. The van der Waals surface area contributed by atoms with Gasteiger partial charge in [-0.25, -0.2) is 0 Å². The van der Waals surface area contributed by atoms with Crippen LogP contribution in [0.2, 0.25) is 0 Å². The van der Waals surface area contributed by atoms with Crippen molar-refractivity contribution in [3.8, 4) is 0 Å². The summed E-state index contributed by atoms with van der Waals surface area (Å²) in [7, 11) is 0. The number of nitrogens with zero attached hydrogens (tertiary/aromatic N) is 3. The summed E-state index contributed by atoms with van der Waals surface area (Å²) in [6, 6.07) is 0. The Bertz CT molecular complexity index is 263. The number of H-pyrrole nitrogens is 1. The Morgan fingerprint density at radius 1 is 1.31 bits per heavy atom. The van der Waals surface area contributed by atoms with E-state index in [0.717, 1.165) is 44.1 Å². The van der Waals surface area contributed by atoms with Gasteiger partial charge < -0.3 is 5.32 Å². The highest BCUT2D eigenvalue weighted by Gasteiger charge is 2.12. The maximum atomic E-state index is 4.11. The second-order valence-corrected chi connectivity index (χ2v) is 3.38. The van der Waals surface area contributed by atoms with Gasteiger partial charge in [-0.2, -0.15) is 15.4 Å². The normalized spacial score (nSPS) is 19.2. The molecule has 2 rings (SSSR count). The molecule has 1 fully saturated rings. The van der Waals surface area contributed by atoms with E-state index in [2.05, 4.69) is 25.6 Å². The number of hydrogen-bond donors (Lipinski definition) is 2. The number of aromatic amines is 1. The van der Waals surface area contributed by atoms with Gasteiger partial charge in [0.05, 0.1) is 11.4 Å². The average Bonchev–Trinajstić information content (AvgIpc) is 2.54. The van der Waals surface area contributed by atoms with E-state index in [1.54, 1.807) is 0 Å². The third kappa shape index (κ3) is 2.05. The minimum Gasteiger partial charge on any atom is -0.314 e. The van der Waals surface area contributed by atoms with Crippen molar-refractivity contribution in [3.05, 3.63) is 11.4 Å². The van der Waals surface area contributed by atoms with Crippen molar-refractivity contribution in [2.75, 3.05) is 26.2 Å². The van der Waals surface area contributed by atoms with Gasteiger partial charge in [0.25, 0.3) is 0 Å². The van der Waals surface area contributed by atoms with Crippen LogP contribution < -0.4 is 5.32 Å².